The van der Waals surface area contributed by atoms with Gasteiger partial charge in [0.15, 0.2) is 0 Å². The minimum absolute atomic E-state index is 0.00908. The lowest BCUT2D eigenvalue weighted by Gasteiger charge is -2.20. The molecule has 0 saturated carbocycles. The summed E-state index contributed by atoms with van der Waals surface area (Å²) >= 11 is 13.1. The van der Waals surface area contributed by atoms with E-state index in [9.17, 15) is 18.3 Å². The van der Waals surface area contributed by atoms with Gasteiger partial charge in [0.1, 0.15) is 11.5 Å². The Balaban J connectivity index is 1.57. The third kappa shape index (κ3) is 5.93. The maximum atomic E-state index is 11.6. The summed E-state index contributed by atoms with van der Waals surface area (Å²) in [5.74, 6) is 1.17. The summed E-state index contributed by atoms with van der Waals surface area (Å²) in [4.78, 5) is 21.8. The molecule has 14 heteroatoms. The summed E-state index contributed by atoms with van der Waals surface area (Å²) < 4.78 is 36.0. The molecule has 0 spiro atoms. The number of halogens is 2. The number of ether oxygens (including phenoxy) is 2. The van der Waals surface area contributed by atoms with Gasteiger partial charge in [-0.2, -0.15) is 0 Å². The number of nitrogens with one attached hydrogen (secondary N) is 2. The summed E-state index contributed by atoms with van der Waals surface area (Å²) in [6.07, 6.45) is 1.94. The Kier molecular flexibility index (Phi) is 7.83. The molecule has 3 N–H and O–H groups in total. The van der Waals surface area contributed by atoms with Crippen LogP contribution >= 0.6 is 23.2 Å². The van der Waals surface area contributed by atoms with E-state index >= 15 is 0 Å². The van der Waals surface area contributed by atoms with Crippen LogP contribution in [0.3, 0.4) is 0 Å². The molecule has 1 aromatic heterocycles. The quantitative estimate of drug-likeness (QED) is 0.369. The Hall–Kier alpha value is -3.06. The van der Waals surface area contributed by atoms with Crippen molar-refractivity contribution >= 4 is 56.2 Å². The van der Waals surface area contributed by atoms with E-state index in [4.69, 9.17) is 32.7 Å². The molecule has 1 amide bonds. The highest BCUT2D eigenvalue weighted by Gasteiger charge is 2.36. The second-order valence-electron chi connectivity index (χ2n) is 8.54. The van der Waals surface area contributed by atoms with Crippen LogP contribution in [0.4, 0.5) is 10.7 Å². The molecule has 1 fully saturated rings. The van der Waals surface area contributed by atoms with Crippen molar-refractivity contribution in [2.75, 3.05) is 38.9 Å². The lowest BCUT2D eigenvalue weighted by Crippen LogP contribution is -2.42. The number of carboxylic acid groups (broad SMARTS) is 1. The number of aromatic nitrogens is 2. The molecular weight excluding hydrogens is 545 g/mol. The fourth-order valence-corrected chi connectivity index (χ4v) is 5.49. The summed E-state index contributed by atoms with van der Waals surface area (Å²) in [6, 6.07) is 6.28. The number of nitrogens with zero attached hydrogens (tertiary/aromatic N) is 3. The second kappa shape index (κ2) is 10.7. The predicted octanol–water partition coefficient (Wildman–Crippen LogP) is 3.70. The standard InChI is InChI=1S/C23H25Cl2N5O6S/c1-35-17-8-18(36-2)21(25)19(20(17)24)12-4-5-16-13(6-12)9-26-22(29-16)28-14-7-15(10-27-37(3,33)34)30(11-14)23(31)32/h4-6,8-9,14-15,27H,7,10-11H2,1-3H3,(H,31,32)(H,26,28,29)/t14-,15-/m0/s1. The highest BCUT2D eigenvalue weighted by atomic mass is 35.5. The zero-order valence-corrected chi connectivity index (χ0v) is 22.5. The molecule has 4 rings (SSSR count). The average Bonchev–Trinajstić information content (AvgIpc) is 3.25. The fraction of sp³-hybridized carbons (Fsp3) is 0.348. The topological polar surface area (TPSA) is 143 Å². The van der Waals surface area contributed by atoms with E-state index < -0.39 is 22.2 Å². The molecule has 1 saturated heterocycles. The molecule has 11 nitrogen and oxygen atoms in total. The van der Waals surface area contributed by atoms with E-state index in [1.54, 1.807) is 18.3 Å². The van der Waals surface area contributed by atoms with E-state index in [1.165, 1.54) is 19.1 Å². The fourth-order valence-electron chi connectivity index (χ4n) is 4.28. The number of rotatable bonds is 8. The van der Waals surface area contributed by atoms with Gasteiger partial charge in [-0.15, -0.1) is 0 Å². The van der Waals surface area contributed by atoms with Gasteiger partial charge in [-0.05, 0) is 24.1 Å². The largest absolute Gasteiger partial charge is 0.495 e. The number of benzene rings is 2. The van der Waals surface area contributed by atoms with E-state index in [1.807, 2.05) is 12.1 Å². The minimum atomic E-state index is -3.44. The minimum Gasteiger partial charge on any atom is -0.495 e. The van der Waals surface area contributed by atoms with E-state index in [2.05, 4.69) is 20.0 Å². The Labute approximate surface area is 223 Å². The van der Waals surface area contributed by atoms with Gasteiger partial charge < -0.3 is 24.8 Å². The lowest BCUT2D eigenvalue weighted by molar-refractivity contribution is 0.140. The third-order valence-corrected chi connectivity index (χ3v) is 7.46. The van der Waals surface area contributed by atoms with Crippen molar-refractivity contribution in [1.29, 1.82) is 0 Å². The van der Waals surface area contributed by atoms with Crippen LogP contribution in [0, 0.1) is 0 Å². The molecule has 37 heavy (non-hydrogen) atoms. The van der Waals surface area contributed by atoms with Crippen molar-refractivity contribution in [1.82, 2.24) is 19.6 Å². The average molecular weight is 570 g/mol. The first kappa shape index (κ1) is 27.0. The second-order valence-corrected chi connectivity index (χ2v) is 11.1. The van der Waals surface area contributed by atoms with Gasteiger partial charge in [0, 0.05) is 42.3 Å². The first-order valence-corrected chi connectivity index (χ1v) is 13.7. The van der Waals surface area contributed by atoms with Crippen molar-refractivity contribution in [2.24, 2.45) is 0 Å². The summed E-state index contributed by atoms with van der Waals surface area (Å²) in [7, 11) is -0.433. The number of sulfonamides is 1. The zero-order valence-electron chi connectivity index (χ0n) is 20.2. The number of carbonyl (C=O) groups is 1. The van der Waals surface area contributed by atoms with Crippen molar-refractivity contribution < 1.29 is 27.8 Å². The number of likely N-dealkylation sites (tertiary alicyclic amines) is 1. The van der Waals surface area contributed by atoms with Crippen molar-refractivity contribution in [3.8, 4) is 22.6 Å². The van der Waals surface area contributed by atoms with Gasteiger partial charge in [-0.25, -0.2) is 27.9 Å². The monoisotopic (exact) mass is 569 g/mol. The Morgan fingerprint density at radius 1 is 1.19 bits per heavy atom. The SMILES string of the molecule is COc1cc(OC)c(Cl)c(-c2ccc3nc(N[C@H]4C[C@@H](CNS(C)(=O)=O)N(C(=O)O)C4)ncc3c2)c1Cl. The maximum Gasteiger partial charge on any atom is 0.407 e. The van der Waals surface area contributed by atoms with Crippen molar-refractivity contribution in [3.63, 3.8) is 0 Å². The Bertz CT molecular complexity index is 1430. The molecule has 3 aromatic rings. The lowest BCUT2D eigenvalue weighted by atomic mass is 10.0. The van der Waals surface area contributed by atoms with Crippen LogP contribution in [0.15, 0.2) is 30.5 Å². The number of fused-ring (bicyclic) bond motifs is 1. The molecule has 2 aromatic carbocycles. The maximum absolute atomic E-state index is 11.6. The van der Waals surface area contributed by atoms with E-state index in [0.717, 1.165) is 17.2 Å². The van der Waals surface area contributed by atoms with Crippen LogP contribution in [-0.4, -0.2) is 80.1 Å². The number of hydrogen-bond donors (Lipinski definition) is 3. The highest BCUT2D eigenvalue weighted by molar-refractivity contribution is 7.88. The molecule has 0 radical (unpaired) electrons. The number of methoxy groups -OCH3 is 2. The first-order chi connectivity index (χ1) is 17.5. The van der Waals surface area contributed by atoms with Crippen molar-refractivity contribution in [3.05, 3.63) is 40.5 Å². The van der Waals surface area contributed by atoms with E-state index in [-0.39, 0.29) is 19.1 Å². The van der Waals surface area contributed by atoms with Gasteiger partial charge >= 0.3 is 6.09 Å². The van der Waals surface area contributed by atoms with Gasteiger partial charge in [0.2, 0.25) is 16.0 Å². The third-order valence-electron chi connectivity index (χ3n) is 6.02. The first-order valence-electron chi connectivity index (χ1n) is 11.1. The molecular formula is C23H25Cl2N5O6S. The summed E-state index contributed by atoms with van der Waals surface area (Å²) in [5, 5.41) is 14.1. The van der Waals surface area contributed by atoms with Crippen LogP contribution in [0.5, 0.6) is 11.5 Å². The van der Waals surface area contributed by atoms with Gasteiger partial charge in [0.05, 0.1) is 42.1 Å². The van der Waals surface area contributed by atoms with Crippen molar-refractivity contribution in [2.45, 2.75) is 18.5 Å². The van der Waals surface area contributed by atoms with Gasteiger partial charge in [0.25, 0.3) is 0 Å². The van der Waals surface area contributed by atoms with Gasteiger partial charge in [-0.1, -0.05) is 29.3 Å². The molecule has 0 aliphatic carbocycles. The van der Waals surface area contributed by atoms with Crippen LogP contribution in [0.1, 0.15) is 6.42 Å². The molecule has 1 aliphatic heterocycles. The molecule has 0 bridgehead atoms. The number of hydrogen-bond acceptors (Lipinski definition) is 8. The zero-order chi connectivity index (χ0) is 26.9. The molecule has 0 unspecified atom stereocenters. The highest BCUT2D eigenvalue weighted by Crippen LogP contribution is 2.46. The van der Waals surface area contributed by atoms with E-state index in [0.29, 0.717) is 45.0 Å². The van der Waals surface area contributed by atoms with Crippen LogP contribution < -0.4 is 19.5 Å². The Morgan fingerprint density at radius 2 is 1.86 bits per heavy atom. The number of anilines is 1. The van der Waals surface area contributed by atoms with Gasteiger partial charge in [-0.3, -0.25) is 0 Å². The molecule has 1 aliphatic rings. The Morgan fingerprint density at radius 3 is 2.46 bits per heavy atom. The number of amides is 1. The van der Waals surface area contributed by atoms with Crippen LogP contribution in [-0.2, 0) is 10.0 Å². The predicted molar refractivity (Wildman–Crippen MR) is 141 cm³/mol. The molecule has 2 atom stereocenters. The van der Waals surface area contributed by atoms with Crippen LogP contribution in [0.25, 0.3) is 22.0 Å². The van der Waals surface area contributed by atoms with Crippen LogP contribution in [0.2, 0.25) is 10.0 Å². The smallest absolute Gasteiger partial charge is 0.407 e. The normalized spacial score (nSPS) is 17.7. The molecule has 198 valence electrons. The summed E-state index contributed by atoms with van der Waals surface area (Å²) in [6.45, 7) is 0.158. The molecule has 2 heterocycles. The summed E-state index contributed by atoms with van der Waals surface area (Å²) in [5.41, 5.74) is 1.92.